The number of anilines is 1. The van der Waals surface area contributed by atoms with Gasteiger partial charge < -0.3 is 11.1 Å². The zero-order valence-corrected chi connectivity index (χ0v) is 12.0. The van der Waals surface area contributed by atoms with Crippen molar-refractivity contribution in [1.29, 1.82) is 0 Å². The number of thiophene rings is 1. The lowest BCUT2D eigenvalue weighted by Gasteiger charge is -2.40. The highest BCUT2D eigenvalue weighted by molar-refractivity contribution is 7.16. The third kappa shape index (κ3) is 2.44. The number of rotatable bonds is 3. The molecule has 2 aromatic rings. The lowest BCUT2D eigenvalue weighted by molar-refractivity contribution is 0.263. The van der Waals surface area contributed by atoms with Gasteiger partial charge in [-0.3, -0.25) is 0 Å². The van der Waals surface area contributed by atoms with Crippen molar-refractivity contribution in [3.05, 3.63) is 17.8 Å². The molecule has 3 rings (SSSR count). The molecule has 1 saturated carbocycles. The third-order valence-corrected chi connectivity index (χ3v) is 4.95. The first kappa shape index (κ1) is 12.8. The smallest absolute Gasteiger partial charge is 0.138 e. The fourth-order valence-corrected chi connectivity index (χ4v) is 3.88. The number of nitrogens with zero attached hydrogens (tertiary/aromatic N) is 2. The molecule has 2 unspecified atom stereocenters. The van der Waals surface area contributed by atoms with Crippen molar-refractivity contribution in [2.75, 3.05) is 11.9 Å². The number of fused-ring (bicyclic) bond motifs is 1. The van der Waals surface area contributed by atoms with Gasteiger partial charge in [0.2, 0.25) is 0 Å². The highest BCUT2D eigenvalue weighted by Crippen LogP contribution is 2.35. The van der Waals surface area contributed by atoms with Crippen LogP contribution in [0.4, 0.5) is 5.82 Å². The van der Waals surface area contributed by atoms with Crippen LogP contribution in [0.2, 0.25) is 0 Å². The third-order valence-electron chi connectivity index (χ3n) is 4.13. The zero-order valence-electron chi connectivity index (χ0n) is 11.2. The van der Waals surface area contributed by atoms with Gasteiger partial charge in [0.05, 0.1) is 10.9 Å². The summed E-state index contributed by atoms with van der Waals surface area (Å²) in [6, 6.07) is 2.08. The maximum Gasteiger partial charge on any atom is 0.138 e. The Kier molecular flexibility index (Phi) is 3.41. The van der Waals surface area contributed by atoms with E-state index in [-0.39, 0.29) is 5.54 Å². The first-order chi connectivity index (χ1) is 9.22. The van der Waals surface area contributed by atoms with E-state index >= 15 is 0 Å². The molecule has 1 aliphatic rings. The molecule has 2 aromatic heterocycles. The van der Waals surface area contributed by atoms with E-state index in [0.29, 0.717) is 6.54 Å². The minimum Gasteiger partial charge on any atom is -0.363 e. The summed E-state index contributed by atoms with van der Waals surface area (Å²) in [5, 5.41) is 6.80. The molecule has 0 bridgehead atoms. The monoisotopic (exact) mass is 276 g/mol. The van der Waals surface area contributed by atoms with Crippen molar-refractivity contribution in [1.82, 2.24) is 9.97 Å². The Morgan fingerprint density at radius 1 is 1.53 bits per heavy atom. The Morgan fingerprint density at radius 2 is 2.42 bits per heavy atom. The van der Waals surface area contributed by atoms with Gasteiger partial charge in [-0.25, -0.2) is 9.97 Å². The fraction of sp³-hybridized carbons (Fsp3) is 0.571. The molecule has 0 aliphatic heterocycles. The number of nitrogens with one attached hydrogen (secondary N) is 1. The Morgan fingerprint density at radius 3 is 3.21 bits per heavy atom. The van der Waals surface area contributed by atoms with Gasteiger partial charge in [0.1, 0.15) is 17.0 Å². The van der Waals surface area contributed by atoms with Crippen LogP contribution in [-0.4, -0.2) is 22.1 Å². The maximum atomic E-state index is 6.06. The summed E-state index contributed by atoms with van der Waals surface area (Å²) in [5.74, 6) is 1.66. The second kappa shape index (κ2) is 5.06. The van der Waals surface area contributed by atoms with Gasteiger partial charge in [-0.2, -0.15) is 0 Å². The van der Waals surface area contributed by atoms with E-state index in [0.717, 1.165) is 34.8 Å². The maximum absolute atomic E-state index is 6.06. The normalized spacial score (nSPS) is 27.6. The van der Waals surface area contributed by atoms with E-state index < -0.39 is 0 Å². The standard InChI is InChI=1S/C14H20N4S/c1-10-3-2-5-14(7-10,8-15)18-12-11-4-6-19-13(11)17-9-16-12/h4,6,9-10H,2-3,5,7-8,15H2,1H3,(H,16,17,18). The fourth-order valence-electron chi connectivity index (χ4n) is 3.15. The van der Waals surface area contributed by atoms with Crippen LogP contribution < -0.4 is 11.1 Å². The molecule has 0 aromatic carbocycles. The molecule has 0 radical (unpaired) electrons. The highest BCUT2D eigenvalue weighted by Gasteiger charge is 2.34. The number of hydrogen-bond donors (Lipinski definition) is 2. The summed E-state index contributed by atoms with van der Waals surface area (Å²) >= 11 is 1.65. The van der Waals surface area contributed by atoms with Gasteiger partial charge in [0.25, 0.3) is 0 Å². The van der Waals surface area contributed by atoms with Crippen molar-refractivity contribution in [2.45, 2.75) is 38.1 Å². The number of aromatic nitrogens is 2. The number of nitrogens with two attached hydrogens (primary N) is 1. The van der Waals surface area contributed by atoms with E-state index in [1.165, 1.54) is 12.8 Å². The quantitative estimate of drug-likeness (QED) is 0.904. The first-order valence-electron chi connectivity index (χ1n) is 6.89. The minimum absolute atomic E-state index is 0.000880. The molecule has 2 atom stereocenters. The molecule has 19 heavy (non-hydrogen) atoms. The highest BCUT2D eigenvalue weighted by atomic mass is 32.1. The van der Waals surface area contributed by atoms with Crippen LogP contribution >= 0.6 is 11.3 Å². The SMILES string of the molecule is CC1CCCC(CN)(Nc2ncnc3sccc23)C1. The van der Waals surface area contributed by atoms with E-state index in [4.69, 9.17) is 5.73 Å². The molecule has 1 aliphatic carbocycles. The molecule has 102 valence electrons. The van der Waals surface area contributed by atoms with Crippen LogP contribution in [0.3, 0.4) is 0 Å². The van der Waals surface area contributed by atoms with Crippen LogP contribution in [0.5, 0.6) is 0 Å². The van der Waals surface area contributed by atoms with Crippen molar-refractivity contribution in [3.63, 3.8) is 0 Å². The second-order valence-electron chi connectivity index (χ2n) is 5.67. The summed E-state index contributed by atoms with van der Waals surface area (Å²) in [5.41, 5.74) is 6.07. The lowest BCUT2D eigenvalue weighted by atomic mass is 9.76. The summed E-state index contributed by atoms with van der Waals surface area (Å²) < 4.78 is 0. The van der Waals surface area contributed by atoms with E-state index in [2.05, 4.69) is 33.7 Å². The van der Waals surface area contributed by atoms with Gasteiger partial charge in [-0.15, -0.1) is 11.3 Å². The van der Waals surface area contributed by atoms with Gasteiger partial charge in [0, 0.05) is 6.54 Å². The first-order valence-corrected chi connectivity index (χ1v) is 7.77. The summed E-state index contributed by atoms with van der Waals surface area (Å²) in [4.78, 5) is 9.75. The van der Waals surface area contributed by atoms with E-state index in [1.807, 2.05) is 0 Å². The van der Waals surface area contributed by atoms with Crippen LogP contribution in [0, 0.1) is 5.92 Å². The molecule has 0 amide bonds. The molecule has 0 spiro atoms. The van der Waals surface area contributed by atoms with Crippen molar-refractivity contribution in [3.8, 4) is 0 Å². The van der Waals surface area contributed by atoms with Crippen molar-refractivity contribution >= 4 is 27.4 Å². The number of hydrogen-bond acceptors (Lipinski definition) is 5. The van der Waals surface area contributed by atoms with Gasteiger partial charge in [-0.05, 0) is 30.2 Å². The predicted octanol–water partition coefficient (Wildman–Crippen LogP) is 3.01. The van der Waals surface area contributed by atoms with Gasteiger partial charge >= 0.3 is 0 Å². The molecule has 5 heteroatoms. The van der Waals surface area contributed by atoms with Crippen LogP contribution in [0.15, 0.2) is 17.8 Å². The molecule has 4 nitrogen and oxygen atoms in total. The van der Waals surface area contributed by atoms with E-state index in [9.17, 15) is 0 Å². The van der Waals surface area contributed by atoms with Crippen molar-refractivity contribution < 1.29 is 0 Å². The zero-order chi connectivity index (χ0) is 13.3. The minimum atomic E-state index is 0.000880. The Hall–Kier alpha value is -1.20. The predicted molar refractivity (Wildman–Crippen MR) is 80.5 cm³/mol. The summed E-state index contributed by atoms with van der Waals surface area (Å²) in [6.45, 7) is 2.97. The molecule has 3 N–H and O–H groups in total. The van der Waals surface area contributed by atoms with Gasteiger partial charge in [-0.1, -0.05) is 19.8 Å². The van der Waals surface area contributed by atoms with Crippen LogP contribution in [0.1, 0.15) is 32.6 Å². The Labute approximate surface area is 117 Å². The molecule has 2 heterocycles. The lowest BCUT2D eigenvalue weighted by Crippen LogP contribution is -2.48. The Balaban J connectivity index is 1.92. The molecule has 0 saturated heterocycles. The molecular formula is C14H20N4S. The molecular weight excluding hydrogens is 256 g/mol. The summed E-state index contributed by atoms with van der Waals surface area (Å²) in [6.07, 6.45) is 6.44. The average Bonchev–Trinajstić information content (AvgIpc) is 2.88. The summed E-state index contributed by atoms with van der Waals surface area (Å²) in [7, 11) is 0. The van der Waals surface area contributed by atoms with Crippen LogP contribution in [0.25, 0.3) is 10.2 Å². The van der Waals surface area contributed by atoms with Crippen molar-refractivity contribution in [2.24, 2.45) is 11.7 Å². The second-order valence-corrected chi connectivity index (χ2v) is 6.57. The average molecular weight is 276 g/mol. The van der Waals surface area contributed by atoms with Crippen LogP contribution in [-0.2, 0) is 0 Å². The largest absolute Gasteiger partial charge is 0.363 e. The van der Waals surface area contributed by atoms with E-state index in [1.54, 1.807) is 17.7 Å². The topological polar surface area (TPSA) is 63.8 Å². The van der Waals surface area contributed by atoms with Gasteiger partial charge in [0.15, 0.2) is 0 Å². The Bertz CT molecular complexity index is 567. The molecule has 1 fully saturated rings.